The second-order valence-electron chi connectivity index (χ2n) is 4.54. The molecule has 0 aliphatic carbocycles. The predicted octanol–water partition coefficient (Wildman–Crippen LogP) is 1.79. The van der Waals surface area contributed by atoms with Crippen molar-refractivity contribution < 1.29 is 4.79 Å². The topological polar surface area (TPSA) is 20.3 Å². The summed E-state index contributed by atoms with van der Waals surface area (Å²) in [7, 11) is 0. The maximum atomic E-state index is 11.4. The van der Waals surface area contributed by atoms with Crippen molar-refractivity contribution in [3.05, 3.63) is 0 Å². The van der Waals surface area contributed by atoms with Gasteiger partial charge in [0.1, 0.15) is 5.78 Å². The first-order valence-corrected chi connectivity index (χ1v) is 6.61. The first-order chi connectivity index (χ1) is 6.68. The molecule has 0 N–H and O–H groups in total. The minimum absolute atomic E-state index is 0.265. The normalized spacial score (nSPS) is 40.4. The van der Waals surface area contributed by atoms with E-state index in [1.807, 2.05) is 0 Å². The first kappa shape index (κ1) is 10.5. The van der Waals surface area contributed by atoms with E-state index < -0.39 is 0 Å². The molecule has 0 aromatic heterocycles. The molecule has 2 fully saturated rings. The van der Waals surface area contributed by atoms with E-state index in [1.165, 1.54) is 12.2 Å². The Morgan fingerprint density at radius 1 is 1.43 bits per heavy atom. The highest BCUT2D eigenvalue weighted by molar-refractivity contribution is 8.00. The van der Waals surface area contributed by atoms with Gasteiger partial charge in [0.25, 0.3) is 0 Å². The summed E-state index contributed by atoms with van der Waals surface area (Å²) in [6, 6.07) is 0.732. The van der Waals surface area contributed by atoms with Gasteiger partial charge in [0.2, 0.25) is 0 Å². The van der Waals surface area contributed by atoms with Crippen molar-refractivity contribution >= 4 is 17.5 Å². The number of ketones is 1. The summed E-state index contributed by atoms with van der Waals surface area (Å²) in [5.74, 6) is 2.02. The summed E-state index contributed by atoms with van der Waals surface area (Å²) in [5, 5.41) is 0.760. The average Bonchev–Trinajstić information content (AvgIpc) is 2.57. The number of likely N-dealkylation sites (tertiary alicyclic amines) is 1. The van der Waals surface area contributed by atoms with Gasteiger partial charge >= 0.3 is 0 Å². The zero-order valence-electron chi connectivity index (χ0n) is 9.03. The molecule has 3 unspecified atom stereocenters. The number of nitrogens with zero attached hydrogens (tertiary/aromatic N) is 1. The van der Waals surface area contributed by atoms with Crippen molar-refractivity contribution in [1.29, 1.82) is 0 Å². The van der Waals surface area contributed by atoms with Crippen molar-refractivity contribution in [2.45, 2.75) is 38.0 Å². The largest absolute Gasteiger partial charge is 0.299 e. The highest BCUT2D eigenvalue weighted by atomic mass is 32.2. The molecule has 0 bridgehead atoms. The number of carbonyl (C=O) groups excluding carboxylic acids is 1. The quantitative estimate of drug-likeness (QED) is 0.662. The van der Waals surface area contributed by atoms with E-state index in [4.69, 9.17) is 0 Å². The molecule has 2 aliphatic rings. The summed E-state index contributed by atoms with van der Waals surface area (Å²) in [5.41, 5.74) is 0. The maximum Gasteiger partial charge on any atom is 0.138 e. The molecule has 0 radical (unpaired) electrons. The van der Waals surface area contributed by atoms with Crippen molar-refractivity contribution in [3.63, 3.8) is 0 Å². The Balaban J connectivity index is 1.95. The molecule has 2 aliphatic heterocycles. The molecule has 2 heterocycles. The number of rotatable bonds is 1. The molecule has 0 amide bonds. The van der Waals surface area contributed by atoms with Crippen LogP contribution in [0.1, 0.15) is 26.7 Å². The van der Waals surface area contributed by atoms with E-state index in [-0.39, 0.29) is 5.92 Å². The lowest BCUT2D eigenvalue weighted by atomic mass is 9.96. The van der Waals surface area contributed by atoms with Crippen LogP contribution < -0.4 is 0 Å². The molecule has 2 rings (SSSR count). The molecule has 0 saturated carbocycles. The second kappa shape index (κ2) is 4.23. The smallest absolute Gasteiger partial charge is 0.138 e. The third kappa shape index (κ3) is 1.98. The van der Waals surface area contributed by atoms with E-state index in [9.17, 15) is 4.79 Å². The number of hydrogen-bond acceptors (Lipinski definition) is 3. The fourth-order valence-electron chi connectivity index (χ4n) is 2.55. The Hall–Kier alpha value is -0.0200. The molecule has 2 saturated heterocycles. The van der Waals surface area contributed by atoms with Crippen LogP contribution in [0.5, 0.6) is 0 Å². The maximum absolute atomic E-state index is 11.4. The number of thioether (sulfide) groups is 1. The molecular weight excluding hydrogens is 194 g/mol. The first-order valence-electron chi connectivity index (χ1n) is 5.57. The van der Waals surface area contributed by atoms with Gasteiger partial charge in [-0.05, 0) is 12.2 Å². The lowest BCUT2D eigenvalue weighted by Crippen LogP contribution is -2.47. The van der Waals surface area contributed by atoms with E-state index in [2.05, 4.69) is 30.5 Å². The standard InChI is InChI=1S/C11H19NOS/c1-8-7-12(5-3-11(8)13)10-4-6-14-9(10)2/h8-10H,3-7H2,1-2H3. The SMILES string of the molecule is CC1CN(C2CCSC2C)CCC1=O. The summed E-state index contributed by atoms with van der Waals surface area (Å²) < 4.78 is 0. The van der Waals surface area contributed by atoms with Crippen molar-refractivity contribution in [2.24, 2.45) is 5.92 Å². The van der Waals surface area contributed by atoms with Gasteiger partial charge < -0.3 is 0 Å². The van der Waals surface area contributed by atoms with Gasteiger partial charge in [-0.3, -0.25) is 9.69 Å². The lowest BCUT2D eigenvalue weighted by Gasteiger charge is -2.36. The van der Waals surface area contributed by atoms with Crippen LogP contribution in [-0.2, 0) is 4.79 Å². The minimum Gasteiger partial charge on any atom is -0.299 e. The predicted molar refractivity (Wildman–Crippen MR) is 60.7 cm³/mol. The zero-order chi connectivity index (χ0) is 10.1. The van der Waals surface area contributed by atoms with E-state index in [0.717, 1.165) is 30.8 Å². The Kier molecular flexibility index (Phi) is 3.17. The van der Waals surface area contributed by atoms with Crippen LogP contribution in [0.4, 0.5) is 0 Å². The van der Waals surface area contributed by atoms with Crippen LogP contribution in [0, 0.1) is 5.92 Å². The molecule has 2 nitrogen and oxygen atoms in total. The third-order valence-corrected chi connectivity index (χ3v) is 4.82. The van der Waals surface area contributed by atoms with Gasteiger partial charge in [-0.25, -0.2) is 0 Å². The Morgan fingerprint density at radius 3 is 2.79 bits per heavy atom. The van der Waals surface area contributed by atoms with Gasteiger partial charge in [0.05, 0.1) is 0 Å². The van der Waals surface area contributed by atoms with Crippen LogP contribution in [-0.4, -0.2) is 40.8 Å². The van der Waals surface area contributed by atoms with E-state index in [0.29, 0.717) is 5.78 Å². The Labute approximate surface area is 90.4 Å². The van der Waals surface area contributed by atoms with Crippen LogP contribution in [0.15, 0.2) is 0 Å². The van der Waals surface area contributed by atoms with Gasteiger partial charge in [-0.1, -0.05) is 13.8 Å². The summed E-state index contributed by atoms with van der Waals surface area (Å²) >= 11 is 2.07. The number of carbonyl (C=O) groups is 1. The zero-order valence-corrected chi connectivity index (χ0v) is 9.85. The average molecular weight is 213 g/mol. The van der Waals surface area contributed by atoms with Crippen molar-refractivity contribution in [3.8, 4) is 0 Å². The van der Waals surface area contributed by atoms with E-state index in [1.54, 1.807) is 0 Å². The van der Waals surface area contributed by atoms with Crippen LogP contribution in [0.2, 0.25) is 0 Å². The van der Waals surface area contributed by atoms with Crippen LogP contribution in [0.3, 0.4) is 0 Å². The van der Waals surface area contributed by atoms with Crippen molar-refractivity contribution in [2.75, 3.05) is 18.8 Å². The highest BCUT2D eigenvalue weighted by Crippen LogP contribution is 2.31. The van der Waals surface area contributed by atoms with E-state index >= 15 is 0 Å². The molecule has 0 aromatic rings. The van der Waals surface area contributed by atoms with Gasteiger partial charge in [-0.2, -0.15) is 11.8 Å². The summed E-state index contributed by atoms with van der Waals surface area (Å²) in [4.78, 5) is 13.9. The minimum atomic E-state index is 0.265. The van der Waals surface area contributed by atoms with Crippen molar-refractivity contribution in [1.82, 2.24) is 4.90 Å². The van der Waals surface area contributed by atoms with Gasteiger partial charge in [-0.15, -0.1) is 0 Å². The molecule has 3 heteroatoms. The second-order valence-corrected chi connectivity index (χ2v) is 6.03. The molecule has 0 aromatic carbocycles. The van der Waals surface area contributed by atoms with Gasteiger partial charge in [0, 0.05) is 36.7 Å². The molecular formula is C11H19NOS. The Bertz CT molecular complexity index is 231. The fourth-order valence-corrected chi connectivity index (χ4v) is 3.83. The fraction of sp³-hybridized carbons (Fsp3) is 0.909. The number of hydrogen-bond donors (Lipinski definition) is 0. The summed E-state index contributed by atoms with van der Waals surface area (Å²) in [6.45, 7) is 6.39. The Morgan fingerprint density at radius 2 is 2.21 bits per heavy atom. The highest BCUT2D eigenvalue weighted by Gasteiger charge is 2.33. The monoisotopic (exact) mass is 213 g/mol. The number of Topliss-reactive ketones (excluding diaryl/α,β-unsaturated/α-hetero) is 1. The van der Waals surface area contributed by atoms with Crippen LogP contribution >= 0.6 is 11.8 Å². The van der Waals surface area contributed by atoms with Gasteiger partial charge in [0.15, 0.2) is 0 Å². The van der Waals surface area contributed by atoms with Crippen LogP contribution in [0.25, 0.3) is 0 Å². The molecule has 3 atom stereocenters. The molecule has 0 spiro atoms. The molecule has 14 heavy (non-hydrogen) atoms. The number of piperidine rings is 1. The lowest BCUT2D eigenvalue weighted by molar-refractivity contribution is -0.126. The molecule has 80 valence electrons. The summed E-state index contributed by atoms with van der Waals surface area (Å²) in [6.07, 6.45) is 2.09. The third-order valence-electron chi connectivity index (χ3n) is 3.51.